The molecule has 0 unspecified atom stereocenters. The third-order valence-electron chi connectivity index (χ3n) is 4.05. The molecule has 0 N–H and O–H groups in total. The summed E-state index contributed by atoms with van der Waals surface area (Å²) in [6.07, 6.45) is 3.66. The Kier molecular flexibility index (Phi) is 5.23. The zero-order valence-corrected chi connectivity index (χ0v) is 13.6. The van der Waals surface area contributed by atoms with Crippen molar-refractivity contribution in [1.82, 2.24) is 4.90 Å². The standard InChI is InChI=1S/C20H18FNO3/c21-17-12-10-15(11-13-17)6-4-5-9-19(23)22-18(14-25-20(22)24)16-7-2-1-3-8-16/h1-5,7-8,10-13,18H,6,9,14H2/t18-/m1/s1. The van der Waals surface area contributed by atoms with E-state index in [1.807, 2.05) is 36.4 Å². The van der Waals surface area contributed by atoms with Gasteiger partial charge in [0.15, 0.2) is 0 Å². The average Bonchev–Trinajstić information content (AvgIpc) is 3.02. The van der Waals surface area contributed by atoms with E-state index >= 15 is 0 Å². The predicted molar refractivity (Wildman–Crippen MR) is 91.2 cm³/mol. The van der Waals surface area contributed by atoms with Crippen molar-refractivity contribution in [1.29, 1.82) is 0 Å². The van der Waals surface area contributed by atoms with Gasteiger partial charge in [0.25, 0.3) is 0 Å². The van der Waals surface area contributed by atoms with Crippen molar-refractivity contribution in [2.24, 2.45) is 0 Å². The van der Waals surface area contributed by atoms with Crippen LogP contribution in [-0.2, 0) is 16.0 Å². The zero-order valence-electron chi connectivity index (χ0n) is 13.6. The van der Waals surface area contributed by atoms with E-state index in [2.05, 4.69) is 0 Å². The maximum absolute atomic E-state index is 12.9. The van der Waals surface area contributed by atoms with E-state index in [9.17, 15) is 14.0 Å². The summed E-state index contributed by atoms with van der Waals surface area (Å²) in [5, 5.41) is 0. The number of carbonyl (C=O) groups is 2. The Morgan fingerprint density at radius 1 is 1.12 bits per heavy atom. The summed E-state index contributed by atoms with van der Waals surface area (Å²) in [6, 6.07) is 15.2. The summed E-state index contributed by atoms with van der Waals surface area (Å²) >= 11 is 0. The van der Waals surface area contributed by atoms with Gasteiger partial charge >= 0.3 is 6.09 Å². The summed E-state index contributed by atoms with van der Waals surface area (Å²) < 4.78 is 17.9. The fourth-order valence-electron chi connectivity index (χ4n) is 2.74. The summed E-state index contributed by atoms with van der Waals surface area (Å²) in [5.74, 6) is -0.575. The lowest BCUT2D eigenvalue weighted by Gasteiger charge is -2.19. The number of ether oxygens (including phenoxy) is 1. The van der Waals surface area contributed by atoms with Gasteiger partial charge in [0, 0.05) is 6.42 Å². The van der Waals surface area contributed by atoms with Crippen LogP contribution in [0.4, 0.5) is 9.18 Å². The van der Waals surface area contributed by atoms with Gasteiger partial charge in [-0.05, 0) is 29.7 Å². The fraction of sp³-hybridized carbons (Fsp3) is 0.200. The van der Waals surface area contributed by atoms with Crippen molar-refractivity contribution in [2.45, 2.75) is 18.9 Å². The van der Waals surface area contributed by atoms with E-state index in [0.29, 0.717) is 6.42 Å². The Morgan fingerprint density at radius 2 is 1.84 bits per heavy atom. The maximum atomic E-state index is 12.9. The van der Waals surface area contributed by atoms with Crippen molar-refractivity contribution in [3.63, 3.8) is 0 Å². The summed E-state index contributed by atoms with van der Waals surface area (Å²) in [7, 11) is 0. The molecule has 1 saturated heterocycles. The van der Waals surface area contributed by atoms with Crippen molar-refractivity contribution in [3.8, 4) is 0 Å². The van der Waals surface area contributed by atoms with Crippen LogP contribution in [-0.4, -0.2) is 23.5 Å². The Labute approximate surface area is 145 Å². The topological polar surface area (TPSA) is 46.6 Å². The second-order valence-electron chi connectivity index (χ2n) is 5.77. The fourth-order valence-corrected chi connectivity index (χ4v) is 2.74. The first-order chi connectivity index (χ1) is 12.1. The average molecular weight is 339 g/mol. The smallest absolute Gasteiger partial charge is 0.417 e. The van der Waals surface area contributed by atoms with Crippen LogP contribution < -0.4 is 0 Å². The molecule has 0 radical (unpaired) electrons. The molecular weight excluding hydrogens is 321 g/mol. The quantitative estimate of drug-likeness (QED) is 0.773. The molecule has 1 atom stereocenters. The highest BCUT2D eigenvalue weighted by atomic mass is 19.1. The van der Waals surface area contributed by atoms with E-state index in [4.69, 9.17) is 4.74 Å². The van der Waals surface area contributed by atoms with Crippen LogP contribution in [0.3, 0.4) is 0 Å². The molecule has 2 aromatic carbocycles. The van der Waals surface area contributed by atoms with Crippen LogP contribution >= 0.6 is 0 Å². The van der Waals surface area contributed by atoms with Crippen LogP contribution in [0.1, 0.15) is 23.6 Å². The molecule has 25 heavy (non-hydrogen) atoms. The Morgan fingerprint density at radius 3 is 2.56 bits per heavy atom. The second kappa shape index (κ2) is 7.75. The maximum Gasteiger partial charge on any atom is 0.417 e. The number of rotatable bonds is 5. The van der Waals surface area contributed by atoms with Crippen LogP contribution in [0.2, 0.25) is 0 Å². The SMILES string of the molecule is O=C(CC=CCc1ccc(F)cc1)N1C(=O)OC[C@@H]1c1ccccc1. The second-order valence-corrected chi connectivity index (χ2v) is 5.77. The molecule has 0 aliphatic carbocycles. The van der Waals surface area contributed by atoms with Gasteiger partial charge in [0.1, 0.15) is 18.5 Å². The normalized spacial score (nSPS) is 17.1. The summed E-state index contributed by atoms with van der Waals surface area (Å²) in [5.41, 5.74) is 1.82. The lowest BCUT2D eigenvalue weighted by atomic mass is 10.1. The van der Waals surface area contributed by atoms with E-state index < -0.39 is 6.09 Å². The van der Waals surface area contributed by atoms with E-state index in [0.717, 1.165) is 11.1 Å². The number of hydrogen-bond donors (Lipinski definition) is 0. The Bertz CT molecular complexity index is 771. The number of imide groups is 1. The number of amides is 2. The Hall–Kier alpha value is -2.95. The van der Waals surface area contributed by atoms with Crippen molar-refractivity contribution in [3.05, 3.63) is 83.7 Å². The van der Waals surface area contributed by atoms with Crippen molar-refractivity contribution >= 4 is 12.0 Å². The first kappa shape index (κ1) is 16.9. The molecule has 0 saturated carbocycles. The molecule has 2 amide bonds. The molecule has 0 aromatic heterocycles. The van der Waals surface area contributed by atoms with Crippen molar-refractivity contribution in [2.75, 3.05) is 6.61 Å². The largest absolute Gasteiger partial charge is 0.446 e. The minimum atomic E-state index is -0.606. The highest BCUT2D eigenvalue weighted by Crippen LogP contribution is 2.28. The minimum Gasteiger partial charge on any atom is -0.446 e. The molecule has 1 aliphatic heterocycles. The van der Waals surface area contributed by atoms with Gasteiger partial charge in [-0.15, -0.1) is 0 Å². The molecule has 1 heterocycles. The number of carbonyl (C=O) groups excluding carboxylic acids is 2. The van der Waals surface area contributed by atoms with Gasteiger partial charge in [-0.25, -0.2) is 14.1 Å². The van der Waals surface area contributed by atoms with Gasteiger partial charge < -0.3 is 4.74 Å². The summed E-state index contributed by atoms with van der Waals surface area (Å²) in [6.45, 7) is 0.174. The molecular formula is C20H18FNO3. The number of nitrogens with zero attached hydrogens (tertiary/aromatic N) is 1. The van der Waals surface area contributed by atoms with E-state index in [1.165, 1.54) is 17.0 Å². The molecule has 2 aromatic rings. The number of allylic oxidation sites excluding steroid dienone is 1. The Balaban J connectivity index is 1.60. The molecule has 1 fully saturated rings. The number of benzene rings is 2. The summed E-state index contributed by atoms with van der Waals surface area (Å²) in [4.78, 5) is 25.5. The molecule has 1 aliphatic rings. The van der Waals surface area contributed by atoms with E-state index in [1.54, 1.807) is 18.2 Å². The monoisotopic (exact) mass is 339 g/mol. The lowest BCUT2D eigenvalue weighted by Crippen LogP contribution is -2.33. The number of halogens is 1. The number of hydrogen-bond acceptors (Lipinski definition) is 3. The highest BCUT2D eigenvalue weighted by molar-refractivity contribution is 5.94. The molecule has 0 spiro atoms. The number of cyclic esters (lactones) is 1. The first-order valence-electron chi connectivity index (χ1n) is 8.08. The third kappa shape index (κ3) is 4.12. The molecule has 128 valence electrons. The minimum absolute atomic E-state index is 0.111. The molecule has 3 rings (SSSR count). The van der Waals surface area contributed by atoms with Crippen LogP contribution in [0.5, 0.6) is 0 Å². The molecule has 5 heteroatoms. The van der Waals surface area contributed by atoms with Gasteiger partial charge in [0.2, 0.25) is 5.91 Å². The van der Waals surface area contributed by atoms with Crippen LogP contribution in [0.15, 0.2) is 66.7 Å². The van der Waals surface area contributed by atoms with E-state index in [-0.39, 0.29) is 30.8 Å². The van der Waals surface area contributed by atoms with Gasteiger partial charge in [-0.2, -0.15) is 0 Å². The van der Waals surface area contributed by atoms with Gasteiger partial charge in [0.05, 0.1) is 0 Å². The van der Waals surface area contributed by atoms with Gasteiger partial charge in [-0.1, -0.05) is 54.6 Å². The lowest BCUT2D eigenvalue weighted by molar-refractivity contribution is -0.128. The van der Waals surface area contributed by atoms with Crippen molar-refractivity contribution < 1.29 is 18.7 Å². The van der Waals surface area contributed by atoms with Crippen LogP contribution in [0, 0.1) is 5.82 Å². The van der Waals surface area contributed by atoms with Crippen LogP contribution in [0.25, 0.3) is 0 Å². The predicted octanol–water partition coefficient (Wildman–Crippen LogP) is 4.03. The molecule has 0 bridgehead atoms. The third-order valence-corrected chi connectivity index (χ3v) is 4.05. The first-order valence-corrected chi connectivity index (χ1v) is 8.08. The molecule has 4 nitrogen and oxygen atoms in total. The highest BCUT2D eigenvalue weighted by Gasteiger charge is 2.38. The zero-order chi connectivity index (χ0) is 17.6. The van der Waals surface area contributed by atoms with Gasteiger partial charge in [-0.3, -0.25) is 4.79 Å².